The van der Waals surface area contributed by atoms with Crippen LogP contribution in [0.1, 0.15) is 30.1 Å². The van der Waals surface area contributed by atoms with E-state index in [9.17, 15) is 13.2 Å². The second kappa shape index (κ2) is 6.13. The predicted octanol–water partition coefficient (Wildman–Crippen LogP) is 2.63. The Morgan fingerprint density at radius 3 is 2.80 bits per heavy atom. The SMILES string of the molecule is CCS(=O)(=O)CCCC(=O)c1ccc2ncccc2c1. The van der Waals surface area contributed by atoms with Gasteiger partial charge in [0.15, 0.2) is 5.78 Å². The number of ketones is 1. The van der Waals surface area contributed by atoms with E-state index in [4.69, 9.17) is 0 Å². The molecular formula is C15H17NO3S. The Bertz CT molecular complexity index is 723. The maximum absolute atomic E-state index is 12.0. The molecule has 106 valence electrons. The number of rotatable bonds is 6. The molecule has 0 fully saturated rings. The van der Waals surface area contributed by atoms with Crippen molar-refractivity contribution < 1.29 is 13.2 Å². The number of hydrogen-bond donors (Lipinski definition) is 0. The zero-order chi connectivity index (χ0) is 14.6. The van der Waals surface area contributed by atoms with E-state index < -0.39 is 9.84 Å². The number of pyridine rings is 1. The van der Waals surface area contributed by atoms with E-state index in [1.54, 1.807) is 25.3 Å². The number of carbonyl (C=O) groups is 1. The lowest BCUT2D eigenvalue weighted by atomic mass is 10.0. The van der Waals surface area contributed by atoms with Crippen LogP contribution < -0.4 is 0 Å². The summed E-state index contributed by atoms with van der Waals surface area (Å²) in [4.78, 5) is 16.2. The van der Waals surface area contributed by atoms with Crippen molar-refractivity contribution in [1.29, 1.82) is 0 Å². The van der Waals surface area contributed by atoms with Gasteiger partial charge in [0.05, 0.1) is 11.3 Å². The molecule has 0 bridgehead atoms. The van der Waals surface area contributed by atoms with E-state index in [1.807, 2.05) is 18.2 Å². The Kier molecular flexibility index (Phi) is 4.49. The smallest absolute Gasteiger partial charge is 0.162 e. The highest BCUT2D eigenvalue weighted by atomic mass is 32.2. The summed E-state index contributed by atoms with van der Waals surface area (Å²) in [6.45, 7) is 1.62. The molecule has 2 aromatic rings. The van der Waals surface area contributed by atoms with Crippen LogP contribution in [0.5, 0.6) is 0 Å². The van der Waals surface area contributed by atoms with Crippen LogP contribution in [0.15, 0.2) is 36.5 Å². The molecule has 0 radical (unpaired) electrons. The molecule has 1 heterocycles. The van der Waals surface area contributed by atoms with Gasteiger partial charge in [-0.2, -0.15) is 0 Å². The molecular weight excluding hydrogens is 274 g/mol. The average molecular weight is 291 g/mol. The largest absolute Gasteiger partial charge is 0.294 e. The van der Waals surface area contributed by atoms with E-state index in [-0.39, 0.29) is 23.7 Å². The highest BCUT2D eigenvalue weighted by molar-refractivity contribution is 7.91. The molecule has 1 aromatic carbocycles. The van der Waals surface area contributed by atoms with Crippen LogP contribution in [0, 0.1) is 0 Å². The van der Waals surface area contributed by atoms with Crippen LogP contribution >= 0.6 is 0 Å². The number of hydrogen-bond acceptors (Lipinski definition) is 4. The van der Waals surface area contributed by atoms with Crippen molar-refractivity contribution in [2.24, 2.45) is 0 Å². The van der Waals surface area contributed by atoms with Crippen molar-refractivity contribution in [2.75, 3.05) is 11.5 Å². The minimum absolute atomic E-state index is 0.0259. The van der Waals surface area contributed by atoms with Gasteiger partial charge in [-0.05, 0) is 30.7 Å². The zero-order valence-electron chi connectivity index (χ0n) is 11.4. The molecule has 0 amide bonds. The first-order chi connectivity index (χ1) is 9.52. The molecule has 2 rings (SSSR count). The highest BCUT2D eigenvalue weighted by Crippen LogP contribution is 2.15. The lowest BCUT2D eigenvalue weighted by Gasteiger charge is -2.03. The monoisotopic (exact) mass is 291 g/mol. The first kappa shape index (κ1) is 14.7. The number of benzene rings is 1. The van der Waals surface area contributed by atoms with Crippen molar-refractivity contribution in [3.63, 3.8) is 0 Å². The maximum atomic E-state index is 12.0. The van der Waals surface area contributed by atoms with Gasteiger partial charge in [-0.25, -0.2) is 8.42 Å². The number of carbonyl (C=O) groups excluding carboxylic acids is 1. The molecule has 4 nitrogen and oxygen atoms in total. The van der Waals surface area contributed by atoms with Crippen molar-refractivity contribution in [3.05, 3.63) is 42.1 Å². The normalized spacial score (nSPS) is 11.7. The summed E-state index contributed by atoms with van der Waals surface area (Å²) in [5.41, 5.74) is 1.46. The molecule has 0 unspecified atom stereocenters. The molecule has 0 saturated carbocycles. The Morgan fingerprint density at radius 2 is 2.05 bits per heavy atom. The summed E-state index contributed by atoms with van der Waals surface area (Å²) in [6, 6.07) is 9.08. The molecule has 20 heavy (non-hydrogen) atoms. The molecule has 0 N–H and O–H groups in total. The fraction of sp³-hybridized carbons (Fsp3) is 0.333. The standard InChI is InChI=1S/C15H17NO3S/c1-2-20(18,19)10-4-6-15(17)13-7-8-14-12(11-13)5-3-9-16-14/h3,5,7-9,11H,2,4,6,10H2,1H3. The predicted molar refractivity (Wildman–Crippen MR) is 79.6 cm³/mol. The number of Topliss-reactive ketones (excluding diaryl/α,β-unsaturated/α-hetero) is 1. The van der Waals surface area contributed by atoms with Gasteiger partial charge in [-0.15, -0.1) is 0 Å². The van der Waals surface area contributed by atoms with Crippen molar-refractivity contribution in [3.8, 4) is 0 Å². The van der Waals surface area contributed by atoms with Gasteiger partial charge in [0.25, 0.3) is 0 Å². The van der Waals surface area contributed by atoms with Crippen LogP contribution in [-0.4, -0.2) is 30.7 Å². The van der Waals surface area contributed by atoms with Gasteiger partial charge < -0.3 is 0 Å². The van der Waals surface area contributed by atoms with E-state index in [2.05, 4.69) is 4.98 Å². The van der Waals surface area contributed by atoms with Crippen LogP contribution in [0.2, 0.25) is 0 Å². The Morgan fingerprint density at radius 1 is 1.25 bits per heavy atom. The molecule has 0 aliphatic rings. The Hall–Kier alpha value is -1.75. The summed E-state index contributed by atoms with van der Waals surface area (Å²) >= 11 is 0. The Balaban J connectivity index is 2.04. The molecule has 0 saturated heterocycles. The first-order valence-corrected chi connectivity index (χ1v) is 8.42. The van der Waals surface area contributed by atoms with E-state index in [0.29, 0.717) is 12.0 Å². The van der Waals surface area contributed by atoms with Crippen LogP contribution in [0.25, 0.3) is 10.9 Å². The lowest BCUT2D eigenvalue weighted by molar-refractivity contribution is 0.0982. The molecule has 0 atom stereocenters. The Labute approximate surface area is 118 Å². The number of sulfone groups is 1. The maximum Gasteiger partial charge on any atom is 0.162 e. The third kappa shape index (κ3) is 3.63. The highest BCUT2D eigenvalue weighted by Gasteiger charge is 2.11. The van der Waals surface area contributed by atoms with Gasteiger partial charge in [-0.1, -0.05) is 13.0 Å². The van der Waals surface area contributed by atoms with E-state index >= 15 is 0 Å². The summed E-state index contributed by atoms with van der Waals surface area (Å²) in [5.74, 6) is 0.176. The second-order valence-electron chi connectivity index (χ2n) is 4.67. The van der Waals surface area contributed by atoms with Crippen LogP contribution in [0.4, 0.5) is 0 Å². The summed E-state index contributed by atoms with van der Waals surface area (Å²) in [6.07, 6.45) is 2.34. The van der Waals surface area contributed by atoms with Gasteiger partial charge in [0, 0.05) is 29.3 Å². The molecule has 1 aromatic heterocycles. The minimum atomic E-state index is -2.99. The third-order valence-corrected chi connectivity index (χ3v) is 5.01. The summed E-state index contributed by atoms with van der Waals surface area (Å²) in [7, 11) is -2.99. The average Bonchev–Trinajstić information content (AvgIpc) is 2.46. The summed E-state index contributed by atoms with van der Waals surface area (Å²) < 4.78 is 22.7. The van der Waals surface area contributed by atoms with E-state index in [1.165, 1.54) is 0 Å². The number of fused-ring (bicyclic) bond motifs is 1. The first-order valence-electron chi connectivity index (χ1n) is 6.60. The summed E-state index contributed by atoms with van der Waals surface area (Å²) in [5, 5.41) is 0.916. The quantitative estimate of drug-likeness (QED) is 0.767. The fourth-order valence-electron chi connectivity index (χ4n) is 1.99. The lowest BCUT2D eigenvalue weighted by Crippen LogP contribution is -2.10. The van der Waals surface area contributed by atoms with Gasteiger partial charge in [0.1, 0.15) is 9.84 Å². The zero-order valence-corrected chi connectivity index (χ0v) is 12.2. The van der Waals surface area contributed by atoms with Gasteiger partial charge in [-0.3, -0.25) is 9.78 Å². The molecule has 0 spiro atoms. The van der Waals surface area contributed by atoms with Crippen molar-refractivity contribution in [2.45, 2.75) is 19.8 Å². The third-order valence-electron chi connectivity index (χ3n) is 3.22. The van der Waals surface area contributed by atoms with Crippen molar-refractivity contribution in [1.82, 2.24) is 4.98 Å². The fourth-order valence-corrected chi connectivity index (χ4v) is 2.86. The second-order valence-corrected chi connectivity index (χ2v) is 7.15. The molecule has 0 aliphatic carbocycles. The molecule has 0 aliphatic heterocycles. The molecule has 5 heteroatoms. The minimum Gasteiger partial charge on any atom is -0.294 e. The topological polar surface area (TPSA) is 64.1 Å². The van der Waals surface area contributed by atoms with Crippen molar-refractivity contribution >= 4 is 26.5 Å². The van der Waals surface area contributed by atoms with Gasteiger partial charge in [0.2, 0.25) is 0 Å². The van der Waals surface area contributed by atoms with E-state index in [0.717, 1.165) is 10.9 Å². The number of aromatic nitrogens is 1. The number of nitrogens with zero attached hydrogens (tertiary/aromatic N) is 1. The van der Waals surface area contributed by atoms with Crippen LogP contribution in [-0.2, 0) is 9.84 Å². The van der Waals surface area contributed by atoms with Gasteiger partial charge >= 0.3 is 0 Å². The van der Waals surface area contributed by atoms with Crippen LogP contribution in [0.3, 0.4) is 0 Å².